The molecular weight excluding hydrogens is 242 g/mol. The van der Waals surface area contributed by atoms with E-state index >= 15 is 0 Å². The van der Waals surface area contributed by atoms with Gasteiger partial charge in [-0.3, -0.25) is 0 Å². The molecule has 0 bridgehead atoms. The normalized spacial score (nSPS) is 26.9. The van der Waals surface area contributed by atoms with Gasteiger partial charge in [-0.2, -0.15) is 0 Å². The molecule has 4 heteroatoms. The van der Waals surface area contributed by atoms with Crippen LogP contribution in [0.5, 0.6) is 5.75 Å². The molecule has 1 aliphatic carbocycles. The number of nitrogen functional groups attached to an aromatic ring is 1. The van der Waals surface area contributed by atoms with E-state index in [1.807, 2.05) is 0 Å². The third-order valence-electron chi connectivity index (χ3n) is 3.69. The van der Waals surface area contributed by atoms with Crippen LogP contribution in [0.1, 0.15) is 43.5 Å². The minimum Gasteiger partial charge on any atom is -0.490 e. The van der Waals surface area contributed by atoms with Crippen molar-refractivity contribution in [3.05, 3.63) is 23.8 Å². The molecule has 2 unspecified atom stereocenters. The number of carboxylic acids is 1. The quantitative estimate of drug-likeness (QED) is 0.821. The fraction of sp³-hybridized carbons (Fsp3) is 0.533. The molecule has 0 heterocycles. The molecule has 2 atom stereocenters. The highest BCUT2D eigenvalue weighted by molar-refractivity contribution is 5.94. The molecule has 0 aliphatic heterocycles. The van der Waals surface area contributed by atoms with E-state index in [-0.39, 0.29) is 17.4 Å². The summed E-state index contributed by atoms with van der Waals surface area (Å²) < 4.78 is 5.92. The fourth-order valence-electron chi connectivity index (χ4n) is 2.96. The summed E-state index contributed by atoms with van der Waals surface area (Å²) in [6, 6.07) is 4.85. The van der Waals surface area contributed by atoms with E-state index in [1.165, 1.54) is 12.5 Å². The van der Waals surface area contributed by atoms with E-state index in [1.54, 1.807) is 12.1 Å². The van der Waals surface area contributed by atoms with Crippen molar-refractivity contribution >= 4 is 11.7 Å². The Hall–Kier alpha value is -1.71. The monoisotopic (exact) mass is 263 g/mol. The van der Waals surface area contributed by atoms with Gasteiger partial charge in [-0.05, 0) is 49.3 Å². The fourth-order valence-corrected chi connectivity index (χ4v) is 2.96. The predicted octanol–water partition coefficient (Wildman–Crippen LogP) is 3.17. The molecule has 0 aromatic heterocycles. The number of benzene rings is 1. The molecule has 2 rings (SSSR count). The molecule has 1 saturated carbocycles. The van der Waals surface area contributed by atoms with Gasteiger partial charge in [0.1, 0.15) is 5.75 Å². The lowest BCUT2D eigenvalue weighted by Crippen LogP contribution is -2.28. The van der Waals surface area contributed by atoms with Gasteiger partial charge in [0.15, 0.2) is 0 Å². The van der Waals surface area contributed by atoms with Crippen LogP contribution >= 0.6 is 0 Å². The molecule has 0 amide bonds. The molecule has 1 aliphatic rings. The van der Waals surface area contributed by atoms with Crippen molar-refractivity contribution in [3.63, 3.8) is 0 Å². The van der Waals surface area contributed by atoms with Gasteiger partial charge in [0.25, 0.3) is 0 Å². The SMILES string of the molecule is CC1CC(C)CC(Oc2ccc(N)c(C(=O)O)c2)C1. The largest absolute Gasteiger partial charge is 0.490 e. The lowest BCUT2D eigenvalue weighted by molar-refractivity contribution is 0.0695. The molecule has 1 fully saturated rings. The average Bonchev–Trinajstić information content (AvgIpc) is 2.30. The Bertz CT molecular complexity index is 462. The molecule has 19 heavy (non-hydrogen) atoms. The second-order valence-corrected chi connectivity index (χ2v) is 5.71. The van der Waals surface area contributed by atoms with Gasteiger partial charge in [-0.1, -0.05) is 13.8 Å². The second kappa shape index (κ2) is 5.51. The number of rotatable bonds is 3. The Morgan fingerprint density at radius 2 is 1.89 bits per heavy atom. The van der Waals surface area contributed by atoms with E-state index in [0.29, 0.717) is 17.6 Å². The van der Waals surface area contributed by atoms with Crippen LogP contribution in [0.4, 0.5) is 5.69 Å². The maximum absolute atomic E-state index is 11.0. The molecule has 1 aromatic rings. The molecule has 104 valence electrons. The summed E-state index contributed by atoms with van der Waals surface area (Å²) in [5, 5.41) is 9.04. The van der Waals surface area contributed by atoms with Crippen LogP contribution in [0.25, 0.3) is 0 Å². The maximum Gasteiger partial charge on any atom is 0.337 e. The van der Waals surface area contributed by atoms with Gasteiger partial charge in [-0.15, -0.1) is 0 Å². The number of carbonyl (C=O) groups is 1. The zero-order valence-corrected chi connectivity index (χ0v) is 11.4. The first-order chi connectivity index (χ1) is 8.95. The summed E-state index contributed by atoms with van der Waals surface area (Å²) in [6.07, 6.45) is 3.46. The summed E-state index contributed by atoms with van der Waals surface area (Å²) in [5.74, 6) is 0.884. The van der Waals surface area contributed by atoms with Crippen molar-refractivity contribution in [1.29, 1.82) is 0 Å². The van der Waals surface area contributed by atoms with Crippen molar-refractivity contribution in [2.24, 2.45) is 11.8 Å². The topological polar surface area (TPSA) is 72.5 Å². The van der Waals surface area contributed by atoms with Gasteiger partial charge >= 0.3 is 5.97 Å². The molecule has 0 radical (unpaired) electrons. The summed E-state index contributed by atoms with van der Waals surface area (Å²) in [5.41, 5.74) is 6.01. The number of ether oxygens (including phenoxy) is 1. The molecule has 0 spiro atoms. The van der Waals surface area contributed by atoms with Gasteiger partial charge < -0.3 is 15.6 Å². The van der Waals surface area contributed by atoms with Crippen LogP contribution in [0.3, 0.4) is 0 Å². The zero-order chi connectivity index (χ0) is 14.0. The Kier molecular flexibility index (Phi) is 3.98. The van der Waals surface area contributed by atoms with E-state index < -0.39 is 5.97 Å². The van der Waals surface area contributed by atoms with Crippen molar-refractivity contribution < 1.29 is 14.6 Å². The molecule has 1 aromatic carbocycles. The van der Waals surface area contributed by atoms with Crippen LogP contribution in [0.2, 0.25) is 0 Å². The predicted molar refractivity (Wildman–Crippen MR) is 74.4 cm³/mol. The standard InChI is InChI=1S/C15H21NO3/c1-9-5-10(2)7-12(6-9)19-11-3-4-14(16)13(8-11)15(17)18/h3-4,8-10,12H,5-7,16H2,1-2H3,(H,17,18). The minimum atomic E-state index is -1.02. The van der Waals surface area contributed by atoms with Crippen LogP contribution < -0.4 is 10.5 Å². The van der Waals surface area contributed by atoms with Crippen molar-refractivity contribution in [3.8, 4) is 5.75 Å². The Labute approximate surface area is 113 Å². The van der Waals surface area contributed by atoms with Crippen LogP contribution in [0, 0.1) is 11.8 Å². The van der Waals surface area contributed by atoms with Gasteiger partial charge in [0.05, 0.1) is 11.7 Å². The number of carboxylic acid groups (broad SMARTS) is 1. The van der Waals surface area contributed by atoms with Crippen molar-refractivity contribution in [1.82, 2.24) is 0 Å². The van der Waals surface area contributed by atoms with Gasteiger partial charge in [-0.25, -0.2) is 4.79 Å². The summed E-state index contributed by atoms with van der Waals surface area (Å²) in [6.45, 7) is 4.47. The number of nitrogens with two attached hydrogens (primary N) is 1. The minimum absolute atomic E-state index is 0.106. The number of hydrogen-bond donors (Lipinski definition) is 2. The van der Waals surface area contributed by atoms with Crippen molar-refractivity contribution in [2.75, 3.05) is 5.73 Å². The Morgan fingerprint density at radius 3 is 2.47 bits per heavy atom. The van der Waals surface area contributed by atoms with Crippen LogP contribution in [-0.2, 0) is 0 Å². The van der Waals surface area contributed by atoms with Gasteiger partial charge in [0.2, 0.25) is 0 Å². The molecule has 0 saturated heterocycles. The van der Waals surface area contributed by atoms with Gasteiger partial charge in [0, 0.05) is 5.69 Å². The second-order valence-electron chi connectivity index (χ2n) is 5.71. The third-order valence-corrected chi connectivity index (χ3v) is 3.69. The Morgan fingerprint density at radius 1 is 1.26 bits per heavy atom. The molecule has 3 N–H and O–H groups in total. The zero-order valence-electron chi connectivity index (χ0n) is 11.4. The highest BCUT2D eigenvalue weighted by Gasteiger charge is 2.25. The number of hydrogen-bond acceptors (Lipinski definition) is 3. The van der Waals surface area contributed by atoms with E-state index in [0.717, 1.165) is 12.8 Å². The first-order valence-electron chi connectivity index (χ1n) is 6.75. The average molecular weight is 263 g/mol. The maximum atomic E-state index is 11.0. The Balaban J connectivity index is 2.10. The summed E-state index contributed by atoms with van der Waals surface area (Å²) >= 11 is 0. The lowest BCUT2D eigenvalue weighted by atomic mass is 9.82. The highest BCUT2D eigenvalue weighted by atomic mass is 16.5. The summed E-state index contributed by atoms with van der Waals surface area (Å²) in [4.78, 5) is 11.0. The van der Waals surface area contributed by atoms with E-state index in [2.05, 4.69) is 13.8 Å². The third kappa shape index (κ3) is 3.40. The van der Waals surface area contributed by atoms with Crippen LogP contribution in [-0.4, -0.2) is 17.2 Å². The first kappa shape index (κ1) is 13.7. The van der Waals surface area contributed by atoms with E-state index in [4.69, 9.17) is 15.6 Å². The highest BCUT2D eigenvalue weighted by Crippen LogP contribution is 2.32. The molecular formula is C15H21NO3. The first-order valence-corrected chi connectivity index (χ1v) is 6.75. The molecule has 4 nitrogen and oxygen atoms in total. The summed E-state index contributed by atoms with van der Waals surface area (Å²) in [7, 11) is 0. The number of anilines is 1. The number of aromatic carboxylic acids is 1. The van der Waals surface area contributed by atoms with E-state index in [9.17, 15) is 4.79 Å². The smallest absolute Gasteiger partial charge is 0.337 e. The van der Waals surface area contributed by atoms with Crippen molar-refractivity contribution in [2.45, 2.75) is 39.2 Å². The van der Waals surface area contributed by atoms with Crippen LogP contribution in [0.15, 0.2) is 18.2 Å². The lowest BCUT2D eigenvalue weighted by Gasteiger charge is -2.31.